The molecule has 0 saturated carbocycles. The molecule has 0 aliphatic carbocycles. The molecule has 5 aromatic rings. The number of furan rings is 1. The topological polar surface area (TPSA) is 26.0 Å². The molecule has 0 unspecified atom stereocenters. The highest BCUT2D eigenvalue weighted by Crippen LogP contribution is 2.33. The first-order chi connectivity index (χ1) is 12.4. The fraction of sp³-hybridized carbons (Fsp3) is 0. The minimum absolute atomic E-state index is 0.919. The SMILES string of the molecule is c1ccc(-c2cc(-c3ccc4oc5ccccc5c4c3)ccn2)cc1. The van der Waals surface area contributed by atoms with Crippen LogP contribution in [0.1, 0.15) is 0 Å². The fourth-order valence-corrected chi connectivity index (χ4v) is 3.28. The molecule has 5 rings (SSSR count). The van der Waals surface area contributed by atoms with Gasteiger partial charge in [-0.15, -0.1) is 0 Å². The van der Waals surface area contributed by atoms with E-state index in [1.54, 1.807) is 0 Å². The zero-order valence-corrected chi connectivity index (χ0v) is 13.5. The smallest absolute Gasteiger partial charge is 0.135 e. The molecule has 0 N–H and O–H groups in total. The van der Waals surface area contributed by atoms with Crippen LogP contribution in [0.5, 0.6) is 0 Å². The van der Waals surface area contributed by atoms with Gasteiger partial charge in [0.2, 0.25) is 0 Å². The number of pyridine rings is 1. The molecule has 25 heavy (non-hydrogen) atoms. The molecule has 0 amide bonds. The summed E-state index contributed by atoms with van der Waals surface area (Å²) in [6, 6.07) is 29.0. The van der Waals surface area contributed by atoms with Crippen LogP contribution in [0.3, 0.4) is 0 Å². The summed E-state index contributed by atoms with van der Waals surface area (Å²) < 4.78 is 5.92. The van der Waals surface area contributed by atoms with Crippen LogP contribution in [0, 0.1) is 0 Å². The summed E-state index contributed by atoms with van der Waals surface area (Å²) in [4.78, 5) is 4.52. The second-order valence-electron chi connectivity index (χ2n) is 6.10. The first-order valence-electron chi connectivity index (χ1n) is 8.32. The Morgan fingerprint density at radius 3 is 2.24 bits per heavy atom. The molecule has 2 aromatic heterocycles. The summed E-state index contributed by atoms with van der Waals surface area (Å²) in [7, 11) is 0. The summed E-state index contributed by atoms with van der Waals surface area (Å²) in [6.07, 6.45) is 1.87. The summed E-state index contributed by atoms with van der Waals surface area (Å²) in [5.74, 6) is 0. The zero-order valence-electron chi connectivity index (χ0n) is 13.5. The van der Waals surface area contributed by atoms with E-state index in [4.69, 9.17) is 4.42 Å². The Balaban J connectivity index is 1.67. The van der Waals surface area contributed by atoms with Crippen LogP contribution in [0.25, 0.3) is 44.3 Å². The maximum absolute atomic E-state index is 5.92. The number of rotatable bonds is 2. The molecule has 2 heteroatoms. The molecule has 118 valence electrons. The molecule has 2 nitrogen and oxygen atoms in total. The predicted octanol–water partition coefficient (Wildman–Crippen LogP) is 6.32. The van der Waals surface area contributed by atoms with Crippen molar-refractivity contribution in [2.24, 2.45) is 0 Å². The van der Waals surface area contributed by atoms with Crippen molar-refractivity contribution in [1.29, 1.82) is 0 Å². The van der Waals surface area contributed by atoms with Gasteiger partial charge in [0.15, 0.2) is 0 Å². The van der Waals surface area contributed by atoms with Gasteiger partial charge in [0.25, 0.3) is 0 Å². The maximum Gasteiger partial charge on any atom is 0.135 e. The van der Waals surface area contributed by atoms with Gasteiger partial charge >= 0.3 is 0 Å². The van der Waals surface area contributed by atoms with E-state index in [1.165, 1.54) is 5.56 Å². The molecule has 0 atom stereocenters. The molecule has 0 bridgehead atoms. The zero-order chi connectivity index (χ0) is 16.6. The van der Waals surface area contributed by atoms with E-state index in [2.05, 4.69) is 47.4 Å². The van der Waals surface area contributed by atoms with Crippen molar-refractivity contribution in [1.82, 2.24) is 4.98 Å². The minimum atomic E-state index is 0.919. The Kier molecular flexibility index (Phi) is 3.14. The number of hydrogen-bond donors (Lipinski definition) is 0. The lowest BCUT2D eigenvalue weighted by atomic mass is 10.0. The van der Waals surface area contributed by atoms with Gasteiger partial charge in [0.1, 0.15) is 11.2 Å². The van der Waals surface area contributed by atoms with Crippen molar-refractivity contribution in [3.05, 3.63) is 91.1 Å². The number of fused-ring (bicyclic) bond motifs is 3. The Labute approximate surface area is 145 Å². The summed E-state index contributed by atoms with van der Waals surface area (Å²) in [5, 5.41) is 2.29. The largest absolute Gasteiger partial charge is 0.456 e. The second-order valence-corrected chi connectivity index (χ2v) is 6.10. The van der Waals surface area contributed by atoms with Crippen molar-refractivity contribution >= 4 is 21.9 Å². The highest BCUT2D eigenvalue weighted by molar-refractivity contribution is 6.06. The van der Waals surface area contributed by atoms with Crippen LogP contribution in [0.4, 0.5) is 0 Å². The molecular formula is C23H15NO. The lowest BCUT2D eigenvalue weighted by molar-refractivity contribution is 0.669. The normalized spacial score (nSPS) is 11.2. The van der Waals surface area contributed by atoms with Crippen LogP contribution in [-0.4, -0.2) is 4.98 Å². The molecule has 0 fully saturated rings. The average Bonchev–Trinajstić information content (AvgIpc) is 3.07. The van der Waals surface area contributed by atoms with Gasteiger partial charge < -0.3 is 4.42 Å². The third kappa shape index (κ3) is 2.39. The number of hydrogen-bond acceptors (Lipinski definition) is 2. The van der Waals surface area contributed by atoms with Crippen LogP contribution >= 0.6 is 0 Å². The first kappa shape index (κ1) is 14.0. The van der Waals surface area contributed by atoms with Crippen LogP contribution in [0.15, 0.2) is 95.5 Å². The third-order valence-electron chi connectivity index (χ3n) is 4.54. The summed E-state index contributed by atoms with van der Waals surface area (Å²) >= 11 is 0. The van der Waals surface area contributed by atoms with Crippen molar-refractivity contribution in [3.8, 4) is 22.4 Å². The van der Waals surface area contributed by atoms with Gasteiger partial charge in [-0.05, 0) is 41.5 Å². The third-order valence-corrected chi connectivity index (χ3v) is 4.54. The van der Waals surface area contributed by atoms with Crippen LogP contribution < -0.4 is 0 Å². The van der Waals surface area contributed by atoms with Gasteiger partial charge in [-0.25, -0.2) is 0 Å². The lowest BCUT2D eigenvalue weighted by Gasteiger charge is -2.05. The average molecular weight is 321 g/mol. The van der Waals surface area contributed by atoms with Crippen molar-refractivity contribution < 1.29 is 4.42 Å². The molecule has 2 heterocycles. The fourth-order valence-electron chi connectivity index (χ4n) is 3.28. The second kappa shape index (κ2) is 5.60. The number of para-hydroxylation sites is 1. The molecular weight excluding hydrogens is 306 g/mol. The predicted molar refractivity (Wildman–Crippen MR) is 102 cm³/mol. The molecule has 0 saturated heterocycles. The lowest BCUT2D eigenvalue weighted by Crippen LogP contribution is -1.85. The summed E-state index contributed by atoms with van der Waals surface area (Å²) in [6.45, 7) is 0. The van der Waals surface area contributed by atoms with Gasteiger partial charge in [-0.1, -0.05) is 54.6 Å². The van der Waals surface area contributed by atoms with Gasteiger partial charge in [-0.3, -0.25) is 4.98 Å². The first-order valence-corrected chi connectivity index (χ1v) is 8.32. The number of benzene rings is 3. The molecule has 3 aromatic carbocycles. The van der Waals surface area contributed by atoms with E-state index in [9.17, 15) is 0 Å². The number of nitrogens with zero attached hydrogens (tertiary/aromatic N) is 1. The Morgan fingerprint density at radius 2 is 1.32 bits per heavy atom. The minimum Gasteiger partial charge on any atom is -0.456 e. The number of aromatic nitrogens is 1. The van der Waals surface area contributed by atoms with Crippen LogP contribution in [0.2, 0.25) is 0 Å². The molecule has 0 radical (unpaired) electrons. The van der Waals surface area contributed by atoms with E-state index < -0.39 is 0 Å². The maximum atomic E-state index is 5.92. The quantitative estimate of drug-likeness (QED) is 0.380. The Hall–Kier alpha value is -3.39. The van der Waals surface area contributed by atoms with Crippen molar-refractivity contribution in [2.45, 2.75) is 0 Å². The van der Waals surface area contributed by atoms with Gasteiger partial charge in [0.05, 0.1) is 5.69 Å². The standard InChI is InChI=1S/C23H15NO/c1-2-6-16(7-3-1)21-15-18(12-13-24-21)17-10-11-23-20(14-17)19-8-4-5-9-22(19)25-23/h1-15H. The Morgan fingerprint density at radius 1 is 0.560 bits per heavy atom. The van der Waals surface area contributed by atoms with Crippen LogP contribution in [-0.2, 0) is 0 Å². The Bertz CT molecular complexity index is 1190. The highest BCUT2D eigenvalue weighted by Gasteiger charge is 2.09. The molecule has 0 aliphatic heterocycles. The molecule has 0 aliphatic rings. The van der Waals surface area contributed by atoms with Crippen molar-refractivity contribution in [2.75, 3.05) is 0 Å². The molecule has 0 spiro atoms. The van der Waals surface area contributed by atoms with E-state index in [0.29, 0.717) is 0 Å². The highest BCUT2D eigenvalue weighted by atomic mass is 16.3. The summed E-state index contributed by atoms with van der Waals surface area (Å²) in [5.41, 5.74) is 6.27. The van der Waals surface area contributed by atoms with E-state index in [0.717, 1.165) is 38.8 Å². The monoisotopic (exact) mass is 321 g/mol. The van der Waals surface area contributed by atoms with E-state index >= 15 is 0 Å². The van der Waals surface area contributed by atoms with Crippen molar-refractivity contribution in [3.63, 3.8) is 0 Å². The van der Waals surface area contributed by atoms with E-state index in [1.807, 2.05) is 48.7 Å². The van der Waals surface area contributed by atoms with Gasteiger partial charge in [-0.2, -0.15) is 0 Å². The van der Waals surface area contributed by atoms with Gasteiger partial charge in [0, 0.05) is 22.5 Å². The van der Waals surface area contributed by atoms with E-state index in [-0.39, 0.29) is 0 Å².